The molecule has 31 atom stereocenters. The number of rotatable bonds is 9. The van der Waals surface area contributed by atoms with Gasteiger partial charge >= 0.3 is 0 Å². The van der Waals surface area contributed by atoms with Gasteiger partial charge in [0.15, 0.2) is 30.9 Å². The van der Waals surface area contributed by atoms with Crippen molar-refractivity contribution < 1.29 is 98.4 Å². The molecule has 20 heteroatoms. The highest BCUT2D eigenvalue weighted by atomic mass is 16.8. The number of hydrogen-bond donors (Lipinski definition) is 10. The molecule has 0 amide bonds. The van der Waals surface area contributed by atoms with E-state index < -0.39 is 141 Å². The third-order valence-electron chi connectivity index (χ3n) is 19.7. The number of aliphatic hydroxyl groups excluding tert-OH is 10. The van der Waals surface area contributed by atoms with E-state index in [0.717, 1.165) is 51.6 Å². The Morgan fingerprint density at radius 2 is 1.18 bits per heavy atom. The Morgan fingerprint density at radius 3 is 1.80 bits per heavy atom. The van der Waals surface area contributed by atoms with Crippen LogP contribution in [0.15, 0.2) is 11.6 Å². The molecular weight excluding hydrogens is 933 g/mol. The maximum absolute atomic E-state index is 12.3. The van der Waals surface area contributed by atoms with Gasteiger partial charge in [0.25, 0.3) is 0 Å². The number of aliphatic hydroxyl groups is 10. The Balaban J connectivity index is 0.864. The summed E-state index contributed by atoms with van der Waals surface area (Å²) in [5, 5.41) is 110. The molecule has 10 aliphatic rings. The lowest BCUT2D eigenvalue weighted by molar-refractivity contribution is -0.400. The Labute approximate surface area is 415 Å². The maximum Gasteiger partial charge on any atom is 0.187 e. The number of fused-ring (bicyclic) bond motifs is 7. The summed E-state index contributed by atoms with van der Waals surface area (Å²) < 4.78 is 62.7. The normalized spacial score (nSPS) is 58.4. The molecule has 10 rings (SSSR count). The van der Waals surface area contributed by atoms with E-state index in [9.17, 15) is 51.1 Å². The van der Waals surface area contributed by atoms with Gasteiger partial charge in [0, 0.05) is 12.3 Å². The first-order valence-electron chi connectivity index (χ1n) is 26.6. The molecule has 71 heavy (non-hydrogen) atoms. The molecule has 4 aliphatic carbocycles. The van der Waals surface area contributed by atoms with Crippen molar-refractivity contribution in [2.24, 2.45) is 46.3 Å². The van der Waals surface area contributed by atoms with Gasteiger partial charge in [-0.15, -0.1) is 0 Å². The van der Waals surface area contributed by atoms with Gasteiger partial charge < -0.3 is 98.4 Å². The van der Waals surface area contributed by atoms with Crippen LogP contribution < -0.4 is 0 Å². The van der Waals surface area contributed by atoms with Crippen LogP contribution in [0.1, 0.15) is 106 Å². The highest BCUT2D eigenvalue weighted by molar-refractivity contribution is 5.26. The zero-order valence-corrected chi connectivity index (χ0v) is 42.1. The van der Waals surface area contributed by atoms with E-state index in [2.05, 4.69) is 33.8 Å². The predicted molar refractivity (Wildman–Crippen MR) is 244 cm³/mol. The van der Waals surface area contributed by atoms with Crippen LogP contribution in [0.2, 0.25) is 0 Å². The van der Waals surface area contributed by atoms with Crippen molar-refractivity contribution in [3.63, 3.8) is 0 Å². The highest BCUT2D eigenvalue weighted by Crippen LogP contribution is 2.71. The molecule has 0 bridgehead atoms. The molecule has 406 valence electrons. The molecule has 3 saturated carbocycles. The van der Waals surface area contributed by atoms with Gasteiger partial charge in [-0.25, -0.2) is 0 Å². The quantitative estimate of drug-likeness (QED) is 0.137. The zero-order valence-electron chi connectivity index (χ0n) is 42.1. The summed E-state index contributed by atoms with van der Waals surface area (Å²) in [4.78, 5) is 0. The lowest BCUT2D eigenvalue weighted by atomic mass is 9.47. The monoisotopic (exact) mass is 1010 g/mol. The van der Waals surface area contributed by atoms with Crippen LogP contribution in [0, 0.1) is 46.3 Å². The second kappa shape index (κ2) is 20.1. The summed E-state index contributed by atoms with van der Waals surface area (Å²) in [6, 6.07) is 0. The van der Waals surface area contributed by atoms with E-state index in [1.54, 1.807) is 0 Å². The Bertz CT molecular complexity index is 1890. The highest BCUT2D eigenvalue weighted by Gasteiger charge is 2.69. The molecule has 6 aliphatic heterocycles. The van der Waals surface area contributed by atoms with Crippen molar-refractivity contribution >= 4 is 0 Å². The maximum atomic E-state index is 12.3. The van der Waals surface area contributed by atoms with E-state index in [4.69, 9.17) is 47.4 Å². The van der Waals surface area contributed by atoms with E-state index in [1.807, 2.05) is 0 Å². The first-order chi connectivity index (χ1) is 33.6. The molecule has 9 fully saturated rings. The molecule has 6 heterocycles. The molecular formula is C51H82O20. The largest absolute Gasteiger partial charge is 0.394 e. The summed E-state index contributed by atoms with van der Waals surface area (Å²) in [6.07, 6.45) is -19.9. The smallest absolute Gasteiger partial charge is 0.187 e. The zero-order chi connectivity index (χ0) is 50.8. The average Bonchev–Trinajstić information content (AvgIpc) is 3.79. The first kappa shape index (κ1) is 53.3. The molecule has 6 saturated heterocycles. The molecule has 0 aromatic rings. The van der Waals surface area contributed by atoms with E-state index >= 15 is 0 Å². The summed E-state index contributed by atoms with van der Waals surface area (Å²) in [5.74, 6) is 2.47. The fourth-order valence-electron chi connectivity index (χ4n) is 15.4. The summed E-state index contributed by atoms with van der Waals surface area (Å²) in [5.41, 5.74) is 1.44. The van der Waals surface area contributed by atoms with Gasteiger partial charge in [0.1, 0.15) is 79.4 Å². The number of ether oxygens (including phenoxy) is 10. The minimum absolute atomic E-state index is 0.0541. The molecule has 10 N–H and O–H groups in total. The first-order valence-corrected chi connectivity index (χ1v) is 26.6. The fraction of sp³-hybridized carbons (Fsp3) is 0.961. The predicted octanol–water partition coefficient (Wildman–Crippen LogP) is 0.0935. The van der Waals surface area contributed by atoms with Gasteiger partial charge in [0.05, 0.1) is 43.7 Å². The molecule has 2 unspecified atom stereocenters. The van der Waals surface area contributed by atoms with Crippen molar-refractivity contribution in [2.75, 3.05) is 13.2 Å². The molecule has 0 aromatic heterocycles. The van der Waals surface area contributed by atoms with E-state index in [0.29, 0.717) is 48.3 Å². The molecule has 0 aromatic carbocycles. The second-order valence-corrected chi connectivity index (χ2v) is 23.8. The van der Waals surface area contributed by atoms with Crippen molar-refractivity contribution in [3.8, 4) is 0 Å². The second-order valence-electron chi connectivity index (χ2n) is 23.8. The number of allylic oxidation sites excluding steroid dienone is 1. The van der Waals surface area contributed by atoms with E-state index in [1.165, 1.54) is 26.3 Å². The minimum Gasteiger partial charge on any atom is -0.394 e. The molecule has 1 spiro atoms. The topological polar surface area (TPSA) is 295 Å². The van der Waals surface area contributed by atoms with Crippen molar-refractivity contribution in [2.45, 2.75) is 247 Å². The number of hydrogen-bond acceptors (Lipinski definition) is 20. The van der Waals surface area contributed by atoms with E-state index in [-0.39, 0.29) is 16.9 Å². The fourth-order valence-corrected chi connectivity index (χ4v) is 15.4. The SMILES string of the molecule is C[C@@H]1CC[C@@]2(OC1)O[C@H]1C[C@H]3[C@@H]4CC=C5C[C@@H](O[C@@H]6O[C@H](CO)[C@@H](O[C@@H]7O[C@@H](C)[C@H](O)[C@@H](O)[C@H]7O[C@@H]7O[C@@H](C)[C@H](O)[C@@H](O)[C@H]7O)[C@H](OC7O[C@@H](C)[C@H](O)[C@@H](O)[C@H]7O)C6O)CC[C@]5(C)[C@H]4CC[C@]3(C)[C@H]1[C@@H]2C. The molecule has 0 radical (unpaired) electrons. The Kier molecular flexibility index (Phi) is 15.1. The van der Waals surface area contributed by atoms with Gasteiger partial charge in [-0.1, -0.05) is 39.3 Å². The summed E-state index contributed by atoms with van der Waals surface area (Å²) in [7, 11) is 0. The lowest BCUT2D eigenvalue weighted by Gasteiger charge is -2.58. The Hall–Kier alpha value is -1.06. The van der Waals surface area contributed by atoms with Crippen LogP contribution in [-0.4, -0.2) is 205 Å². The van der Waals surface area contributed by atoms with Crippen molar-refractivity contribution in [1.82, 2.24) is 0 Å². The van der Waals surface area contributed by atoms with Crippen LogP contribution in [0.25, 0.3) is 0 Å². The summed E-state index contributed by atoms with van der Waals surface area (Å²) in [6.45, 7) is 14.0. The summed E-state index contributed by atoms with van der Waals surface area (Å²) >= 11 is 0. The third kappa shape index (κ3) is 9.03. The van der Waals surface area contributed by atoms with Gasteiger partial charge in [0.2, 0.25) is 0 Å². The van der Waals surface area contributed by atoms with Crippen LogP contribution in [-0.2, 0) is 47.4 Å². The van der Waals surface area contributed by atoms with Crippen LogP contribution >= 0.6 is 0 Å². The minimum atomic E-state index is -1.81. The average molecular weight is 1020 g/mol. The lowest BCUT2D eigenvalue weighted by Crippen LogP contribution is -2.67. The van der Waals surface area contributed by atoms with Crippen LogP contribution in [0.3, 0.4) is 0 Å². The van der Waals surface area contributed by atoms with Crippen molar-refractivity contribution in [3.05, 3.63) is 11.6 Å². The van der Waals surface area contributed by atoms with Crippen LogP contribution in [0.5, 0.6) is 0 Å². The Morgan fingerprint density at radius 1 is 0.592 bits per heavy atom. The van der Waals surface area contributed by atoms with Crippen molar-refractivity contribution in [1.29, 1.82) is 0 Å². The van der Waals surface area contributed by atoms with Gasteiger partial charge in [-0.05, 0) is 113 Å². The third-order valence-corrected chi connectivity index (χ3v) is 19.7. The van der Waals surface area contributed by atoms with Crippen LogP contribution in [0.4, 0.5) is 0 Å². The standard InChI is InChI=1S/C51H82O20/c1-20-10-15-51(62-19-20)21(2)32-30(71-51)17-29-27-9-8-25-16-26(11-13-49(25,6)28(27)12-14-50(29,32)7)66-47-41(61)43(69-45-39(59)36(56)33(53)22(3)63-45)42(31(18-52)67-47)68-48-44(38(58)35(55)24(5)65-48)70-46-40(60)37(57)34(54)23(4)64-46/h8,20-24,26-48,52-61H,9-19H2,1-7H3/t20-,21+,22+,23+,24+,26+,27-,28+,29+,30+,31-,32+,33+,34+,35+,36-,37-,38-,39-,40-,41?,42-,43-,44-,45?,46+,47-,48+,49+,50+,51-/m1/s1. The van der Waals surface area contributed by atoms with Gasteiger partial charge in [-0.3, -0.25) is 0 Å². The van der Waals surface area contributed by atoms with Gasteiger partial charge in [-0.2, -0.15) is 0 Å². The molecule has 20 nitrogen and oxygen atoms in total.